The third-order valence-electron chi connectivity index (χ3n) is 4.20. The molecule has 0 aliphatic carbocycles. The molecule has 5 heteroatoms. The number of fused-ring (bicyclic) bond motifs is 1. The number of rotatable bonds is 4. The van der Waals surface area contributed by atoms with Gasteiger partial charge in [-0.15, -0.1) is 0 Å². The zero-order valence-electron chi connectivity index (χ0n) is 13.0. The molecule has 3 heterocycles. The number of hydrogen-bond donors (Lipinski definition) is 2. The summed E-state index contributed by atoms with van der Waals surface area (Å²) >= 11 is 0. The Bertz CT molecular complexity index is 806. The molecule has 1 unspecified atom stereocenters. The van der Waals surface area contributed by atoms with Gasteiger partial charge in [-0.3, -0.25) is 5.10 Å². The lowest BCUT2D eigenvalue weighted by Gasteiger charge is -2.26. The van der Waals surface area contributed by atoms with E-state index >= 15 is 0 Å². The number of para-hydroxylation sites is 1. The second-order valence-electron chi connectivity index (χ2n) is 5.79. The minimum Gasteiger partial charge on any atom is -0.493 e. The molecule has 2 N–H and O–H groups in total. The lowest BCUT2D eigenvalue weighted by atomic mass is 10.0. The highest BCUT2D eigenvalue weighted by atomic mass is 16.5. The molecular formula is C18H19N3O2. The molecule has 0 bridgehead atoms. The summed E-state index contributed by atoms with van der Waals surface area (Å²) in [4.78, 5) is 0. The highest BCUT2D eigenvalue weighted by molar-refractivity contribution is 5.56. The van der Waals surface area contributed by atoms with Gasteiger partial charge in [-0.05, 0) is 25.1 Å². The van der Waals surface area contributed by atoms with Crippen LogP contribution in [0.4, 0.5) is 0 Å². The molecule has 0 saturated carbocycles. The number of nitrogens with one attached hydrogen (secondary N) is 2. The Morgan fingerprint density at radius 2 is 2.17 bits per heavy atom. The number of ether oxygens (including phenoxy) is 1. The first kappa shape index (κ1) is 14.1. The van der Waals surface area contributed by atoms with Crippen LogP contribution in [0.3, 0.4) is 0 Å². The zero-order valence-corrected chi connectivity index (χ0v) is 13.0. The van der Waals surface area contributed by atoms with E-state index in [0.29, 0.717) is 6.04 Å². The highest BCUT2D eigenvalue weighted by Gasteiger charge is 2.21. The van der Waals surface area contributed by atoms with Crippen LogP contribution in [0.1, 0.15) is 29.3 Å². The summed E-state index contributed by atoms with van der Waals surface area (Å²) in [6.45, 7) is 3.41. The number of H-pyrrole nitrogens is 1. The van der Waals surface area contributed by atoms with Crippen molar-refractivity contribution in [2.24, 2.45) is 0 Å². The van der Waals surface area contributed by atoms with Crippen molar-refractivity contribution in [3.8, 4) is 17.2 Å². The Balaban J connectivity index is 1.52. The first-order chi connectivity index (χ1) is 11.3. The molecule has 3 aromatic rings. The van der Waals surface area contributed by atoms with Crippen LogP contribution in [0.25, 0.3) is 11.5 Å². The molecule has 0 amide bonds. The van der Waals surface area contributed by atoms with E-state index in [2.05, 4.69) is 27.6 Å². The molecule has 0 saturated heterocycles. The molecule has 2 aromatic heterocycles. The molecule has 0 radical (unpaired) electrons. The Kier molecular flexibility index (Phi) is 3.63. The maximum absolute atomic E-state index is 5.71. The van der Waals surface area contributed by atoms with Gasteiger partial charge in [-0.1, -0.05) is 18.2 Å². The SMILES string of the molecule is Cc1ccc(-c2[nH]ncc2CNC2CCOc3ccccc32)o1. The van der Waals surface area contributed by atoms with Crippen LogP contribution >= 0.6 is 0 Å². The van der Waals surface area contributed by atoms with E-state index in [4.69, 9.17) is 9.15 Å². The lowest BCUT2D eigenvalue weighted by molar-refractivity contribution is 0.252. The maximum Gasteiger partial charge on any atom is 0.152 e. The zero-order chi connectivity index (χ0) is 15.6. The highest BCUT2D eigenvalue weighted by Crippen LogP contribution is 2.32. The molecule has 0 fully saturated rings. The Morgan fingerprint density at radius 1 is 1.26 bits per heavy atom. The predicted octanol–water partition coefficient (Wildman–Crippen LogP) is 3.59. The number of benzene rings is 1. The monoisotopic (exact) mass is 309 g/mol. The number of nitrogens with zero attached hydrogens (tertiary/aromatic N) is 1. The van der Waals surface area contributed by atoms with Gasteiger partial charge in [-0.2, -0.15) is 5.10 Å². The van der Waals surface area contributed by atoms with Crippen LogP contribution in [-0.4, -0.2) is 16.8 Å². The van der Waals surface area contributed by atoms with Crippen LogP contribution in [0.15, 0.2) is 47.0 Å². The van der Waals surface area contributed by atoms with Gasteiger partial charge in [0.05, 0.1) is 12.8 Å². The normalized spacial score (nSPS) is 16.8. The van der Waals surface area contributed by atoms with Gasteiger partial charge in [0.25, 0.3) is 0 Å². The number of aromatic amines is 1. The molecule has 1 atom stereocenters. The summed E-state index contributed by atoms with van der Waals surface area (Å²) in [7, 11) is 0. The van der Waals surface area contributed by atoms with Crippen molar-refractivity contribution in [2.45, 2.75) is 25.9 Å². The first-order valence-corrected chi connectivity index (χ1v) is 7.85. The van der Waals surface area contributed by atoms with Crippen LogP contribution in [0, 0.1) is 6.92 Å². The van der Waals surface area contributed by atoms with Crippen LogP contribution in [-0.2, 0) is 6.54 Å². The fraction of sp³-hybridized carbons (Fsp3) is 0.278. The molecule has 1 aromatic carbocycles. The molecule has 23 heavy (non-hydrogen) atoms. The quantitative estimate of drug-likeness (QED) is 0.773. The summed E-state index contributed by atoms with van der Waals surface area (Å²) in [5, 5.41) is 10.8. The van der Waals surface area contributed by atoms with E-state index in [-0.39, 0.29) is 0 Å². The van der Waals surface area contributed by atoms with E-state index in [1.807, 2.05) is 37.4 Å². The number of furan rings is 1. The minimum absolute atomic E-state index is 0.293. The van der Waals surface area contributed by atoms with Gasteiger partial charge >= 0.3 is 0 Å². The van der Waals surface area contributed by atoms with Crippen molar-refractivity contribution in [3.05, 3.63) is 59.5 Å². The van der Waals surface area contributed by atoms with Gasteiger partial charge in [-0.25, -0.2) is 0 Å². The first-order valence-electron chi connectivity index (χ1n) is 7.85. The van der Waals surface area contributed by atoms with Gasteiger partial charge in [0.15, 0.2) is 5.76 Å². The van der Waals surface area contributed by atoms with Crippen LogP contribution < -0.4 is 10.1 Å². The minimum atomic E-state index is 0.293. The fourth-order valence-electron chi connectivity index (χ4n) is 3.01. The van der Waals surface area contributed by atoms with Gasteiger partial charge in [0.2, 0.25) is 0 Å². The third kappa shape index (κ3) is 2.75. The summed E-state index contributed by atoms with van der Waals surface area (Å²) in [6.07, 6.45) is 2.81. The second kappa shape index (κ2) is 5.93. The third-order valence-corrected chi connectivity index (χ3v) is 4.20. The molecule has 118 valence electrons. The topological polar surface area (TPSA) is 63.1 Å². The van der Waals surface area contributed by atoms with Gasteiger partial charge in [0.1, 0.15) is 17.2 Å². The van der Waals surface area contributed by atoms with E-state index in [0.717, 1.165) is 48.1 Å². The molecule has 0 spiro atoms. The molecule has 1 aliphatic rings. The number of aryl methyl sites for hydroxylation is 1. The predicted molar refractivity (Wildman–Crippen MR) is 87.2 cm³/mol. The second-order valence-corrected chi connectivity index (χ2v) is 5.79. The summed E-state index contributed by atoms with van der Waals surface area (Å²) in [5.41, 5.74) is 3.26. The smallest absolute Gasteiger partial charge is 0.152 e. The molecular weight excluding hydrogens is 290 g/mol. The van der Waals surface area contributed by atoms with E-state index in [9.17, 15) is 0 Å². The van der Waals surface area contributed by atoms with Gasteiger partial charge < -0.3 is 14.5 Å². The maximum atomic E-state index is 5.71. The van der Waals surface area contributed by atoms with E-state index in [1.165, 1.54) is 5.56 Å². The van der Waals surface area contributed by atoms with Crippen molar-refractivity contribution in [1.29, 1.82) is 0 Å². The van der Waals surface area contributed by atoms with Crippen molar-refractivity contribution >= 4 is 0 Å². The van der Waals surface area contributed by atoms with Gasteiger partial charge in [0, 0.05) is 30.1 Å². The number of aromatic nitrogens is 2. The Labute approximate surface area is 134 Å². The van der Waals surface area contributed by atoms with Crippen molar-refractivity contribution in [1.82, 2.24) is 15.5 Å². The van der Waals surface area contributed by atoms with E-state index < -0.39 is 0 Å². The van der Waals surface area contributed by atoms with Crippen LogP contribution in [0.5, 0.6) is 5.75 Å². The van der Waals surface area contributed by atoms with E-state index in [1.54, 1.807) is 0 Å². The summed E-state index contributed by atoms with van der Waals surface area (Å²) in [5.74, 6) is 2.70. The largest absolute Gasteiger partial charge is 0.493 e. The molecule has 4 rings (SSSR count). The standard InChI is InChI=1S/C18H19N3O2/c1-12-6-7-17(23-12)18-13(11-20-21-18)10-19-15-8-9-22-16-5-3-2-4-14(15)16/h2-7,11,15,19H,8-10H2,1H3,(H,20,21). The summed E-state index contributed by atoms with van der Waals surface area (Å²) < 4.78 is 11.4. The van der Waals surface area contributed by atoms with Crippen molar-refractivity contribution in [2.75, 3.05) is 6.61 Å². The fourth-order valence-corrected chi connectivity index (χ4v) is 3.01. The van der Waals surface area contributed by atoms with Crippen LogP contribution in [0.2, 0.25) is 0 Å². The lowest BCUT2D eigenvalue weighted by Crippen LogP contribution is -2.26. The van der Waals surface area contributed by atoms with Crippen molar-refractivity contribution < 1.29 is 9.15 Å². The Morgan fingerprint density at radius 3 is 3.04 bits per heavy atom. The Hall–Kier alpha value is -2.53. The number of hydrogen-bond acceptors (Lipinski definition) is 4. The molecule has 1 aliphatic heterocycles. The average Bonchev–Trinajstić information content (AvgIpc) is 3.21. The average molecular weight is 309 g/mol. The summed E-state index contributed by atoms with van der Waals surface area (Å²) in [6, 6.07) is 12.4. The van der Waals surface area contributed by atoms with Crippen molar-refractivity contribution in [3.63, 3.8) is 0 Å². The molecule has 5 nitrogen and oxygen atoms in total.